The van der Waals surface area contributed by atoms with E-state index < -0.39 is 5.72 Å². The van der Waals surface area contributed by atoms with Crippen LogP contribution in [0.3, 0.4) is 0 Å². The molecule has 0 aliphatic heterocycles. The van der Waals surface area contributed by atoms with Gasteiger partial charge in [0, 0.05) is 11.3 Å². The van der Waals surface area contributed by atoms with Gasteiger partial charge >= 0.3 is 0 Å². The zero-order valence-electron chi connectivity index (χ0n) is 8.84. The van der Waals surface area contributed by atoms with Crippen LogP contribution < -0.4 is 5.73 Å². The lowest BCUT2D eigenvalue weighted by atomic mass is 9.60. The summed E-state index contributed by atoms with van der Waals surface area (Å²) in [5.74, 6) is 1.15. The Balaban J connectivity index is 1.96. The monoisotopic (exact) mass is 195 g/mol. The second-order valence-corrected chi connectivity index (χ2v) is 5.75. The third kappa shape index (κ3) is 0.892. The second-order valence-electron chi connectivity index (χ2n) is 5.75. The Kier molecular flexibility index (Phi) is 1.79. The molecule has 14 heavy (non-hydrogen) atoms. The molecule has 3 rings (SSSR count). The summed E-state index contributed by atoms with van der Waals surface area (Å²) in [6.45, 7) is 0. The average molecular weight is 195 g/mol. The van der Waals surface area contributed by atoms with Gasteiger partial charge in [0.1, 0.15) is 5.72 Å². The van der Waals surface area contributed by atoms with Crippen molar-refractivity contribution in [2.24, 2.45) is 23.0 Å². The maximum absolute atomic E-state index is 10.5. The van der Waals surface area contributed by atoms with Gasteiger partial charge in [0.2, 0.25) is 0 Å². The van der Waals surface area contributed by atoms with Gasteiger partial charge in [-0.3, -0.25) is 0 Å². The number of hydrogen-bond donors (Lipinski definition) is 2. The fourth-order valence-electron chi connectivity index (χ4n) is 4.61. The minimum atomic E-state index is -0.823. The predicted molar refractivity (Wildman–Crippen MR) is 55.5 cm³/mol. The molecular formula is C12H21NO. The van der Waals surface area contributed by atoms with E-state index in [9.17, 15) is 5.11 Å². The molecular weight excluding hydrogens is 174 g/mol. The van der Waals surface area contributed by atoms with Crippen LogP contribution in [-0.4, -0.2) is 10.8 Å². The third-order valence-electron chi connectivity index (χ3n) is 5.38. The largest absolute Gasteiger partial charge is 0.375 e. The van der Waals surface area contributed by atoms with E-state index in [1.54, 1.807) is 0 Å². The molecule has 0 heterocycles. The first-order valence-electron chi connectivity index (χ1n) is 6.18. The Hall–Kier alpha value is -0.0800. The lowest BCUT2D eigenvalue weighted by Crippen LogP contribution is -2.59. The SMILES string of the molecule is NC1(O)[C@H]2CC[C@H](C2)C12CCCCC2. The Morgan fingerprint density at radius 2 is 1.64 bits per heavy atom. The minimum absolute atomic E-state index is 0.119. The zero-order chi connectivity index (χ0) is 9.81. The van der Waals surface area contributed by atoms with E-state index in [0.717, 1.165) is 5.92 Å². The molecule has 3 atom stereocenters. The number of rotatable bonds is 0. The van der Waals surface area contributed by atoms with Crippen LogP contribution in [0.1, 0.15) is 51.4 Å². The van der Waals surface area contributed by atoms with Crippen LogP contribution in [0.25, 0.3) is 0 Å². The van der Waals surface area contributed by atoms with E-state index >= 15 is 0 Å². The summed E-state index contributed by atoms with van der Waals surface area (Å²) in [5.41, 5.74) is 5.52. The fraction of sp³-hybridized carbons (Fsp3) is 1.00. The standard InChI is InChI=1S/C12H21NO/c13-12(14)10-5-4-9(8-10)11(12)6-2-1-3-7-11/h9-10,14H,1-8,13H2/t9-,10+,12?/m1/s1. The van der Waals surface area contributed by atoms with E-state index in [0.29, 0.717) is 5.92 Å². The van der Waals surface area contributed by atoms with Crippen molar-refractivity contribution in [3.8, 4) is 0 Å². The molecule has 0 aromatic rings. The van der Waals surface area contributed by atoms with Crippen molar-refractivity contribution in [3.63, 3.8) is 0 Å². The lowest BCUT2D eigenvalue weighted by Gasteiger charge is -2.50. The first-order chi connectivity index (χ1) is 6.67. The molecule has 2 heteroatoms. The highest BCUT2D eigenvalue weighted by atomic mass is 16.3. The minimum Gasteiger partial charge on any atom is -0.375 e. The number of hydrogen-bond acceptors (Lipinski definition) is 2. The van der Waals surface area contributed by atoms with E-state index in [1.165, 1.54) is 51.4 Å². The van der Waals surface area contributed by atoms with Gasteiger partial charge in [-0.25, -0.2) is 0 Å². The molecule has 0 radical (unpaired) electrons. The maximum Gasteiger partial charge on any atom is 0.122 e. The number of fused-ring (bicyclic) bond motifs is 3. The molecule has 1 unspecified atom stereocenters. The topological polar surface area (TPSA) is 46.2 Å². The average Bonchev–Trinajstić information content (AvgIpc) is 2.72. The first kappa shape index (κ1) is 9.17. The number of nitrogens with two attached hydrogens (primary N) is 1. The van der Waals surface area contributed by atoms with Crippen LogP contribution in [0.4, 0.5) is 0 Å². The van der Waals surface area contributed by atoms with Crippen molar-refractivity contribution >= 4 is 0 Å². The molecule has 2 nitrogen and oxygen atoms in total. The summed E-state index contributed by atoms with van der Waals surface area (Å²) < 4.78 is 0. The molecule has 0 saturated heterocycles. The smallest absolute Gasteiger partial charge is 0.122 e. The van der Waals surface area contributed by atoms with E-state index in [-0.39, 0.29) is 5.41 Å². The molecule has 3 fully saturated rings. The summed E-state index contributed by atoms with van der Waals surface area (Å²) >= 11 is 0. The Bertz CT molecular complexity index is 243. The molecule has 3 aliphatic rings. The van der Waals surface area contributed by atoms with Gasteiger partial charge in [0.15, 0.2) is 0 Å². The number of aliphatic hydroxyl groups is 1. The van der Waals surface area contributed by atoms with Crippen LogP contribution in [-0.2, 0) is 0 Å². The van der Waals surface area contributed by atoms with Gasteiger partial charge in [0.05, 0.1) is 0 Å². The molecule has 0 amide bonds. The Morgan fingerprint density at radius 1 is 1.00 bits per heavy atom. The summed E-state index contributed by atoms with van der Waals surface area (Å²) in [6, 6.07) is 0. The summed E-state index contributed by atoms with van der Waals surface area (Å²) in [6.07, 6.45) is 9.96. The van der Waals surface area contributed by atoms with Crippen LogP contribution >= 0.6 is 0 Å². The van der Waals surface area contributed by atoms with Crippen molar-refractivity contribution in [1.29, 1.82) is 0 Å². The molecule has 3 N–H and O–H groups in total. The molecule has 1 spiro atoms. The van der Waals surface area contributed by atoms with Gasteiger partial charge in [-0.05, 0) is 38.0 Å². The Morgan fingerprint density at radius 3 is 2.21 bits per heavy atom. The molecule has 3 saturated carbocycles. The van der Waals surface area contributed by atoms with Crippen LogP contribution in [0, 0.1) is 17.3 Å². The van der Waals surface area contributed by atoms with Crippen LogP contribution in [0.2, 0.25) is 0 Å². The van der Waals surface area contributed by atoms with Gasteiger partial charge in [-0.1, -0.05) is 19.3 Å². The molecule has 2 bridgehead atoms. The van der Waals surface area contributed by atoms with Crippen molar-refractivity contribution in [2.45, 2.75) is 57.1 Å². The highest BCUT2D eigenvalue weighted by Gasteiger charge is 2.64. The van der Waals surface area contributed by atoms with Crippen molar-refractivity contribution in [1.82, 2.24) is 0 Å². The zero-order valence-corrected chi connectivity index (χ0v) is 8.84. The first-order valence-corrected chi connectivity index (χ1v) is 6.18. The van der Waals surface area contributed by atoms with Gasteiger partial charge in [-0.15, -0.1) is 0 Å². The molecule has 0 aromatic heterocycles. The lowest BCUT2D eigenvalue weighted by molar-refractivity contribution is -0.136. The highest BCUT2D eigenvalue weighted by Crippen LogP contribution is 2.64. The molecule has 3 aliphatic carbocycles. The van der Waals surface area contributed by atoms with E-state index in [4.69, 9.17) is 5.73 Å². The third-order valence-corrected chi connectivity index (χ3v) is 5.38. The summed E-state index contributed by atoms with van der Waals surface area (Å²) in [4.78, 5) is 0. The van der Waals surface area contributed by atoms with Gasteiger partial charge in [-0.2, -0.15) is 0 Å². The van der Waals surface area contributed by atoms with Crippen molar-refractivity contribution in [3.05, 3.63) is 0 Å². The Labute approximate surface area is 85.9 Å². The van der Waals surface area contributed by atoms with Crippen LogP contribution in [0.15, 0.2) is 0 Å². The van der Waals surface area contributed by atoms with Crippen LogP contribution in [0.5, 0.6) is 0 Å². The quantitative estimate of drug-likeness (QED) is 0.581. The highest BCUT2D eigenvalue weighted by molar-refractivity contribution is 5.13. The van der Waals surface area contributed by atoms with Crippen molar-refractivity contribution < 1.29 is 5.11 Å². The van der Waals surface area contributed by atoms with Gasteiger partial charge in [0.25, 0.3) is 0 Å². The molecule has 0 aromatic carbocycles. The fourth-order valence-corrected chi connectivity index (χ4v) is 4.61. The molecule has 80 valence electrons. The van der Waals surface area contributed by atoms with Crippen molar-refractivity contribution in [2.75, 3.05) is 0 Å². The maximum atomic E-state index is 10.5. The predicted octanol–water partition coefficient (Wildman–Crippen LogP) is 2.01. The second kappa shape index (κ2) is 2.73. The summed E-state index contributed by atoms with van der Waals surface area (Å²) in [7, 11) is 0. The summed E-state index contributed by atoms with van der Waals surface area (Å²) in [5, 5.41) is 10.5. The van der Waals surface area contributed by atoms with E-state index in [2.05, 4.69) is 0 Å². The van der Waals surface area contributed by atoms with E-state index in [1.807, 2.05) is 0 Å². The normalized spacial score (nSPS) is 50.1. The van der Waals surface area contributed by atoms with Gasteiger partial charge < -0.3 is 10.8 Å².